The molecular weight excluding hydrogens is 372 g/mol. The lowest BCUT2D eigenvalue weighted by Crippen LogP contribution is -1.85. The molecule has 142 valence electrons. The van der Waals surface area contributed by atoms with Gasteiger partial charge in [0.15, 0.2) is 0 Å². The minimum Gasteiger partial charge on any atom is -0.497 e. The number of thiol groups is 1. The van der Waals surface area contributed by atoms with Gasteiger partial charge in [-0.1, -0.05) is 0 Å². The second-order valence-corrected chi connectivity index (χ2v) is 6.44. The van der Waals surface area contributed by atoms with E-state index in [1.807, 2.05) is 61.5 Å². The fraction of sp³-hybridized carbons (Fsp3) is 0.143. The van der Waals surface area contributed by atoms with Crippen molar-refractivity contribution in [1.82, 2.24) is 0 Å². The van der Waals surface area contributed by atoms with Gasteiger partial charge in [-0.3, -0.25) is 0 Å². The number of methoxy groups -OCH3 is 2. The molecule has 0 atom stereocenters. The van der Waals surface area contributed by atoms with Crippen LogP contribution in [-0.2, 0) is 0 Å². The third-order valence-electron chi connectivity index (χ3n) is 3.97. The Morgan fingerprint density at radius 1 is 0.679 bits per heavy atom. The van der Waals surface area contributed by atoms with Crippen LogP contribution < -0.4 is 9.47 Å². The maximum Gasteiger partial charge on any atom is 0.148 e. The van der Waals surface area contributed by atoms with E-state index < -0.39 is 0 Å². The Kier molecular flexibility index (Phi) is 6.39. The van der Waals surface area contributed by atoms with Crippen molar-refractivity contribution in [3.63, 3.8) is 0 Å². The summed E-state index contributed by atoms with van der Waals surface area (Å²) in [6.45, 7) is 1.94. The molecule has 0 fully saturated rings. The van der Waals surface area contributed by atoms with Crippen molar-refractivity contribution in [2.75, 3.05) is 14.2 Å². The van der Waals surface area contributed by atoms with Gasteiger partial charge >= 0.3 is 0 Å². The Bertz CT molecular complexity index is 1000. The van der Waals surface area contributed by atoms with Crippen LogP contribution in [0.1, 0.15) is 5.56 Å². The minimum atomic E-state index is 0.572. The zero-order valence-electron chi connectivity index (χ0n) is 15.8. The highest BCUT2D eigenvalue weighted by atomic mass is 32.1. The average molecular weight is 392 g/mol. The quantitative estimate of drug-likeness (QED) is 0.358. The molecule has 0 spiro atoms. The summed E-state index contributed by atoms with van der Waals surface area (Å²) in [6.07, 6.45) is 0. The van der Waals surface area contributed by atoms with Crippen LogP contribution in [-0.4, -0.2) is 14.2 Å². The predicted octanol–water partition coefficient (Wildman–Crippen LogP) is 7.13. The van der Waals surface area contributed by atoms with Crippen molar-refractivity contribution in [3.8, 4) is 11.5 Å². The average Bonchev–Trinajstić information content (AvgIpc) is 2.73. The number of benzene rings is 3. The molecule has 0 N–H and O–H groups in total. The molecule has 0 aliphatic rings. The molecule has 0 aliphatic heterocycles. The van der Waals surface area contributed by atoms with Crippen molar-refractivity contribution >= 4 is 35.4 Å². The SMILES string of the molecule is COc1ccc(/N=N/c2cc(C)c(/N=N/c3ccc(S)cc3)cc2OC)cc1. The van der Waals surface area contributed by atoms with E-state index in [0.29, 0.717) is 17.1 Å². The number of aryl methyl sites for hydroxylation is 1. The van der Waals surface area contributed by atoms with Gasteiger partial charge in [-0.15, -0.1) is 17.7 Å². The van der Waals surface area contributed by atoms with E-state index in [9.17, 15) is 0 Å². The number of hydrogen-bond acceptors (Lipinski definition) is 7. The van der Waals surface area contributed by atoms with E-state index in [1.54, 1.807) is 20.3 Å². The molecule has 0 unspecified atom stereocenters. The Morgan fingerprint density at radius 3 is 1.82 bits per heavy atom. The lowest BCUT2D eigenvalue weighted by molar-refractivity contribution is 0.414. The molecule has 6 nitrogen and oxygen atoms in total. The molecule has 0 heterocycles. The van der Waals surface area contributed by atoms with E-state index >= 15 is 0 Å². The van der Waals surface area contributed by atoms with Crippen molar-refractivity contribution in [1.29, 1.82) is 0 Å². The summed E-state index contributed by atoms with van der Waals surface area (Å²) in [4.78, 5) is 0.878. The van der Waals surface area contributed by atoms with Gasteiger partial charge in [-0.05, 0) is 67.1 Å². The van der Waals surface area contributed by atoms with Gasteiger partial charge in [0.1, 0.15) is 17.2 Å². The first-order valence-electron chi connectivity index (χ1n) is 8.54. The Balaban J connectivity index is 1.84. The van der Waals surface area contributed by atoms with Gasteiger partial charge in [0.25, 0.3) is 0 Å². The normalized spacial score (nSPS) is 11.3. The first-order chi connectivity index (χ1) is 13.6. The molecule has 28 heavy (non-hydrogen) atoms. The summed E-state index contributed by atoms with van der Waals surface area (Å²) < 4.78 is 10.6. The highest BCUT2D eigenvalue weighted by Crippen LogP contribution is 2.36. The molecule has 3 aromatic rings. The molecule has 0 aromatic heterocycles. The van der Waals surface area contributed by atoms with Gasteiger partial charge in [-0.25, -0.2) is 0 Å². The van der Waals surface area contributed by atoms with E-state index in [0.717, 1.165) is 27.6 Å². The Morgan fingerprint density at radius 2 is 1.25 bits per heavy atom. The molecule has 7 heteroatoms. The van der Waals surface area contributed by atoms with Crippen LogP contribution in [0.4, 0.5) is 22.7 Å². The third kappa shape index (κ3) is 4.95. The van der Waals surface area contributed by atoms with Crippen LogP contribution in [0.3, 0.4) is 0 Å². The van der Waals surface area contributed by atoms with Crippen LogP contribution in [0, 0.1) is 6.92 Å². The summed E-state index contributed by atoms with van der Waals surface area (Å²) in [5.41, 5.74) is 3.71. The molecule has 0 saturated heterocycles. The van der Waals surface area contributed by atoms with Crippen molar-refractivity contribution in [2.24, 2.45) is 20.5 Å². The van der Waals surface area contributed by atoms with Crippen LogP contribution in [0.5, 0.6) is 11.5 Å². The zero-order valence-corrected chi connectivity index (χ0v) is 16.7. The maximum absolute atomic E-state index is 5.45. The molecule has 0 amide bonds. The second-order valence-electron chi connectivity index (χ2n) is 5.92. The highest BCUT2D eigenvalue weighted by molar-refractivity contribution is 7.80. The van der Waals surface area contributed by atoms with E-state index in [4.69, 9.17) is 9.47 Å². The zero-order chi connectivity index (χ0) is 19.9. The van der Waals surface area contributed by atoms with Crippen molar-refractivity contribution in [3.05, 3.63) is 66.2 Å². The van der Waals surface area contributed by atoms with Gasteiger partial charge in [0.05, 0.1) is 31.3 Å². The summed E-state index contributed by atoms with van der Waals surface area (Å²) >= 11 is 4.27. The predicted molar refractivity (Wildman–Crippen MR) is 113 cm³/mol. The molecule has 3 aromatic carbocycles. The van der Waals surface area contributed by atoms with Crippen molar-refractivity contribution < 1.29 is 9.47 Å². The Hall–Kier alpha value is -3.19. The summed E-state index contributed by atoms with van der Waals surface area (Å²) in [5.74, 6) is 1.34. The fourth-order valence-corrected chi connectivity index (χ4v) is 2.55. The molecule has 0 bridgehead atoms. The lowest BCUT2D eigenvalue weighted by Gasteiger charge is -2.07. The molecule has 0 saturated carbocycles. The summed E-state index contributed by atoms with van der Waals surface area (Å²) in [7, 11) is 3.21. The number of azo groups is 2. The first-order valence-corrected chi connectivity index (χ1v) is 8.99. The number of hydrogen-bond donors (Lipinski definition) is 1. The topological polar surface area (TPSA) is 67.9 Å². The van der Waals surface area contributed by atoms with E-state index in [2.05, 4.69) is 33.1 Å². The van der Waals surface area contributed by atoms with Crippen molar-refractivity contribution in [2.45, 2.75) is 11.8 Å². The summed E-state index contributed by atoms with van der Waals surface area (Å²) in [5, 5.41) is 17.2. The lowest BCUT2D eigenvalue weighted by atomic mass is 10.1. The maximum atomic E-state index is 5.45. The fourth-order valence-electron chi connectivity index (χ4n) is 2.40. The first kappa shape index (κ1) is 19.6. The standard InChI is InChI=1S/C21H20N4O2S/c1-14-12-20(25-23-15-4-8-17(26-2)9-5-15)21(27-3)13-19(14)24-22-16-6-10-18(28)11-7-16/h4-13,28H,1-3H3/b24-22+,25-23+. The highest BCUT2D eigenvalue weighted by Gasteiger charge is 2.08. The van der Waals surface area contributed by atoms with Gasteiger partial charge in [0.2, 0.25) is 0 Å². The van der Waals surface area contributed by atoms with Gasteiger partial charge in [-0.2, -0.15) is 15.3 Å². The smallest absolute Gasteiger partial charge is 0.148 e. The number of ether oxygens (including phenoxy) is 2. The molecule has 0 aliphatic carbocycles. The van der Waals surface area contributed by atoms with Gasteiger partial charge in [0, 0.05) is 11.0 Å². The molecule has 0 radical (unpaired) electrons. The van der Waals surface area contributed by atoms with Crippen LogP contribution >= 0.6 is 12.6 Å². The van der Waals surface area contributed by atoms with Crippen LogP contribution in [0.15, 0.2) is 86.0 Å². The van der Waals surface area contributed by atoms with Gasteiger partial charge < -0.3 is 9.47 Å². The van der Waals surface area contributed by atoms with E-state index in [1.165, 1.54) is 0 Å². The van der Waals surface area contributed by atoms with Crippen LogP contribution in [0.2, 0.25) is 0 Å². The molecular formula is C21H20N4O2S. The molecule has 3 rings (SSSR count). The van der Waals surface area contributed by atoms with E-state index in [-0.39, 0.29) is 0 Å². The largest absolute Gasteiger partial charge is 0.497 e. The number of nitrogens with zero attached hydrogens (tertiary/aromatic N) is 4. The second kappa shape index (κ2) is 9.14. The van der Waals surface area contributed by atoms with Crippen LogP contribution in [0.25, 0.3) is 0 Å². The number of rotatable bonds is 6. The third-order valence-corrected chi connectivity index (χ3v) is 4.26. The Labute approximate surface area is 169 Å². The minimum absolute atomic E-state index is 0.572. The monoisotopic (exact) mass is 392 g/mol. The summed E-state index contributed by atoms with van der Waals surface area (Å²) in [6, 6.07) is 18.5.